The summed E-state index contributed by atoms with van der Waals surface area (Å²) < 4.78 is 41.5. The number of benzene rings is 3. The zero-order valence-electron chi connectivity index (χ0n) is 17.5. The van der Waals surface area contributed by atoms with Crippen molar-refractivity contribution in [3.63, 3.8) is 0 Å². The van der Waals surface area contributed by atoms with Crippen LogP contribution in [0.15, 0.2) is 66.7 Å². The van der Waals surface area contributed by atoms with Gasteiger partial charge in [-0.2, -0.15) is 0 Å². The van der Waals surface area contributed by atoms with Crippen molar-refractivity contribution in [3.8, 4) is 0 Å². The molecule has 0 aromatic heterocycles. The standard InChI is InChI=1S/C24H18ClFN2O4S/c1-15-10-11-17(12-20(15)26)28-22(29)14-33(31,32)24(28)18-7-3-5-9-21(18)27(23(24)30)13-16-6-2-4-8-19(16)25/h2-12H,13-14H2,1H3. The van der Waals surface area contributed by atoms with E-state index in [4.69, 9.17) is 11.6 Å². The summed E-state index contributed by atoms with van der Waals surface area (Å²) in [6.07, 6.45) is 0. The van der Waals surface area contributed by atoms with Crippen LogP contribution in [0.3, 0.4) is 0 Å². The first-order chi connectivity index (χ1) is 15.7. The molecule has 0 N–H and O–H groups in total. The number of aryl methyl sites for hydroxylation is 1. The Morgan fingerprint density at radius 1 is 1.03 bits per heavy atom. The van der Waals surface area contributed by atoms with Crippen molar-refractivity contribution in [2.75, 3.05) is 15.6 Å². The molecule has 168 valence electrons. The molecule has 1 fully saturated rings. The smallest absolute Gasteiger partial charge is 0.274 e. The van der Waals surface area contributed by atoms with Gasteiger partial charge in [0.2, 0.25) is 5.91 Å². The molecule has 5 rings (SSSR count). The van der Waals surface area contributed by atoms with Crippen molar-refractivity contribution in [2.45, 2.75) is 18.3 Å². The normalized spacial score (nSPS) is 21.2. The van der Waals surface area contributed by atoms with Crippen molar-refractivity contribution < 1.29 is 22.4 Å². The summed E-state index contributed by atoms with van der Waals surface area (Å²) >= 11 is 6.30. The van der Waals surface area contributed by atoms with E-state index in [0.717, 1.165) is 11.0 Å². The van der Waals surface area contributed by atoms with Crippen molar-refractivity contribution >= 4 is 44.6 Å². The second-order valence-corrected chi connectivity index (χ2v) is 10.6. The molecule has 1 unspecified atom stereocenters. The number of carbonyl (C=O) groups excluding carboxylic acids is 2. The molecular formula is C24H18ClFN2O4S. The van der Waals surface area contributed by atoms with Crippen LogP contribution in [-0.2, 0) is 30.8 Å². The SMILES string of the molecule is Cc1ccc(N2C(=O)CS(=O)(=O)C23C(=O)N(Cc2ccccc2Cl)c2ccccc23)cc1F. The number of nitrogens with zero attached hydrogens (tertiary/aromatic N) is 2. The van der Waals surface area contributed by atoms with Crippen LogP contribution in [0.4, 0.5) is 15.8 Å². The van der Waals surface area contributed by atoms with E-state index in [1.54, 1.807) is 49.4 Å². The lowest BCUT2D eigenvalue weighted by atomic mass is 10.0. The van der Waals surface area contributed by atoms with Gasteiger partial charge in [0.25, 0.3) is 10.8 Å². The van der Waals surface area contributed by atoms with E-state index >= 15 is 0 Å². The number of carbonyl (C=O) groups is 2. The Morgan fingerprint density at radius 3 is 2.45 bits per heavy atom. The molecule has 1 saturated heterocycles. The van der Waals surface area contributed by atoms with Crippen molar-refractivity contribution in [1.82, 2.24) is 0 Å². The summed E-state index contributed by atoms with van der Waals surface area (Å²) in [4.78, 5) is 27.0. The Morgan fingerprint density at radius 2 is 1.73 bits per heavy atom. The summed E-state index contributed by atoms with van der Waals surface area (Å²) in [5, 5.41) is 0.423. The highest BCUT2D eigenvalue weighted by atomic mass is 35.5. The van der Waals surface area contributed by atoms with Gasteiger partial charge in [0, 0.05) is 16.3 Å². The first kappa shape index (κ1) is 21.6. The van der Waals surface area contributed by atoms with Gasteiger partial charge in [-0.15, -0.1) is 0 Å². The summed E-state index contributed by atoms with van der Waals surface area (Å²) in [5.41, 5.74) is 1.48. The molecule has 0 radical (unpaired) electrons. The maximum atomic E-state index is 14.4. The van der Waals surface area contributed by atoms with Crippen molar-refractivity contribution in [2.24, 2.45) is 0 Å². The Labute approximate surface area is 195 Å². The molecule has 33 heavy (non-hydrogen) atoms. The first-order valence-corrected chi connectivity index (χ1v) is 12.2. The zero-order chi connectivity index (χ0) is 23.5. The second-order valence-electron chi connectivity index (χ2n) is 8.07. The quantitative estimate of drug-likeness (QED) is 0.564. The molecule has 3 aromatic carbocycles. The lowest BCUT2D eigenvalue weighted by Gasteiger charge is -2.32. The third-order valence-electron chi connectivity index (χ3n) is 6.12. The topological polar surface area (TPSA) is 74.8 Å². The maximum absolute atomic E-state index is 14.4. The molecule has 1 atom stereocenters. The van der Waals surface area contributed by atoms with Crippen molar-refractivity contribution in [1.29, 1.82) is 0 Å². The Bertz CT molecular complexity index is 1440. The molecule has 0 aliphatic carbocycles. The van der Waals surface area contributed by atoms with Gasteiger partial charge in [-0.3, -0.25) is 14.5 Å². The maximum Gasteiger partial charge on any atom is 0.274 e. The number of amides is 2. The number of halogens is 2. The molecule has 2 aliphatic rings. The monoisotopic (exact) mass is 484 g/mol. The number of hydrogen-bond donors (Lipinski definition) is 0. The molecule has 6 nitrogen and oxygen atoms in total. The first-order valence-electron chi connectivity index (χ1n) is 10.1. The second kappa shape index (κ2) is 7.40. The third kappa shape index (κ3) is 2.94. The fourth-order valence-electron chi connectivity index (χ4n) is 4.57. The highest BCUT2D eigenvalue weighted by Gasteiger charge is 2.69. The van der Waals surface area contributed by atoms with E-state index in [1.807, 2.05) is 0 Å². The van der Waals surface area contributed by atoms with Gasteiger partial charge in [-0.1, -0.05) is 54.1 Å². The summed E-state index contributed by atoms with van der Waals surface area (Å²) in [5.74, 6) is -3.05. The Balaban J connectivity index is 1.75. The Kier molecular flexibility index (Phi) is 4.84. The van der Waals surface area contributed by atoms with Crippen LogP contribution in [0.2, 0.25) is 5.02 Å². The van der Waals surface area contributed by atoms with Gasteiger partial charge < -0.3 is 4.90 Å². The van der Waals surface area contributed by atoms with E-state index in [9.17, 15) is 22.4 Å². The summed E-state index contributed by atoms with van der Waals surface area (Å²) in [7, 11) is -4.32. The van der Waals surface area contributed by atoms with E-state index in [1.165, 1.54) is 23.1 Å². The van der Waals surface area contributed by atoms with Crippen LogP contribution in [0.25, 0.3) is 0 Å². The van der Waals surface area contributed by atoms with Gasteiger partial charge in [0.1, 0.15) is 11.6 Å². The average Bonchev–Trinajstić information content (AvgIpc) is 3.14. The highest BCUT2D eigenvalue weighted by molar-refractivity contribution is 7.94. The Hall–Kier alpha value is -3.23. The molecule has 1 spiro atoms. The highest BCUT2D eigenvalue weighted by Crippen LogP contribution is 2.53. The molecule has 0 saturated carbocycles. The molecule has 2 heterocycles. The summed E-state index contributed by atoms with van der Waals surface area (Å²) in [6, 6.07) is 17.4. The van der Waals surface area contributed by atoms with Gasteiger partial charge in [0.15, 0.2) is 9.84 Å². The average molecular weight is 485 g/mol. The molecular weight excluding hydrogens is 467 g/mol. The molecule has 2 amide bonds. The molecule has 0 bridgehead atoms. The minimum atomic E-state index is -4.32. The number of hydrogen-bond acceptors (Lipinski definition) is 4. The summed E-state index contributed by atoms with van der Waals surface area (Å²) in [6.45, 7) is 1.57. The molecule has 3 aromatic rings. The largest absolute Gasteiger partial charge is 0.304 e. The van der Waals surface area contributed by atoms with Gasteiger partial charge in [0.05, 0.1) is 12.2 Å². The van der Waals surface area contributed by atoms with Crippen LogP contribution >= 0.6 is 11.6 Å². The third-order valence-corrected chi connectivity index (χ3v) is 8.60. The van der Waals surface area contributed by atoms with Crippen LogP contribution in [0.5, 0.6) is 0 Å². The fraction of sp³-hybridized carbons (Fsp3) is 0.167. The lowest BCUT2D eigenvalue weighted by molar-refractivity contribution is -0.123. The number of sulfone groups is 1. The van der Waals surface area contributed by atoms with E-state index in [-0.39, 0.29) is 17.8 Å². The van der Waals surface area contributed by atoms with E-state index < -0.39 is 38.1 Å². The minimum absolute atomic E-state index is 0.00641. The van der Waals surface area contributed by atoms with Crippen molar-refractivity contribution in [3.05, 3.63) is 94.3 Å². The minimum Gasteiger partial charge on any atom is -0.304 e. The zero-order valence-corrected chi connectivity index (χ0v) is 19.0. The molecule has 2 aliphatic heterocycles. The van der Waals surface area contributed by atoms with Crippen LogP contribution in [0.1, 0.15) is 16.7 Å². The number of rotatable bonds is 3. The van der Waals surface area contributed by atoms with Crippen LogP contribution < -0.4 is 9.80 Å². The van der Waals surface area contributed by atoms with Crippen LogP contribution in [0, 0.1) is 12.7 Å². The van der Waals surface area contributed by atoms with Gasteiger partial charge >= 0.3 is 0 Å². The van der Waals surface area contributed by atoms with E-state index in [2.05, 4.69) is 0 Å². The van der Waals surface area contributed by atoms with Gasteiger partial charge in [-0.25, -0.2) is 12.8 Å². The number of fused-ring (bicyclic) bond motifs is 2. The van der Waals surface area contributed by atoms with Gasteiger partial charge in [-0.05, 0) is 42.3 Å². The van der Waals surface area contributed by atoms with Crippen LogP contribution in [-0.4, -0.2) is 26.0 Å². The van der Waals surface area contributed by atoms with E-state index in [0.29, 0.717) is 21.8 Å². The predicted molar refractivity (Wildman–Crippen MR) is 123 cm³/mol. The fourth-order valence-corrected chi connectivity index (χ4v) is 6.79. The molecule has 9 heteroatoms. The lowest BCUT2D eigenvalue weighted by Crippen LogP contribution is -2.54. The predicted octanol–water partition coefficient (Wildman–Crippen LogP) is 3.95. The number of anilines is 2. The number of para-hydroxylation sites is 1.